The summed E-state index contributed by atoms with van der Waals surface area (Å²) in [4.78, 5) is 38.3. The van der Waals surface area contributed by atoms with E-state index < -0.39 is 6.10 Å². The third kappa shape index (κ3) is 60.9. The van der Waals surface area contributed by atoms with Gasteiger partial charge in [-0.05, 0) is 109 Å². The van der Waals surface area contributed by atoms with Crippen LogP contribution < -0.4 is 0 Å². The molecule has 0 fully saturated rings. The van der Waals surface area contributed by atoms with Crippen molar-refractivity contribution in [3.8, 4) is 0 Å². The molecule has 0 aliphatic rings. The van der Waals surface area contributed by atoms with Crippen LogP contribution in [0.4, 0.5) is 0 Å². The van der Waals surface area contributed by atoms with Crippen LogP contribution in [-0.4, -0.2) is 37.2 Å². The molecular formula is C70H118O6. The highest BCUT2D eigenvalue weighted by molar-refractivity contribution is 5.71. The largest absolute Gasteiger partial charge is 0.462 e. The SMILES string of the molecule is CC/C=C\C/C=C\C/C=C\C/C=C\C/C=C\C/C=C\CCCCCCCCC(=O)OCC(COC(=O)CCCCCCCCCCCCCCCC)OC(=O)CCCCCCCC/C=C\C/C=C\C/C=C\CCCCC. The average Bonchev–Trinajstić information content (AvgIpc) is 3.42. The van der Waals surface area contributed by atoms with Crippen molar-refractivity contribution in [2.24, 2.45) is 0 Å². The number of allylic oxidation sites excluding steroid dienone is 18. The molecule has 0 amide bonds. The first-order valence-corrected chi connectivity index (χ1v) is 31.9. The number of hydrogen-bond donors (Lipinski definition) is 0. The first-order chi connectivity index (χ1) is 37.5. The molecule has 0 aromatic rings. The Morgan fingerprint density at radius 2 is 0.513 bits per heavy atom. The highest BCUT2D eigenvalue weighted by Crippen LogP contribution is 2.16. The molecule has 1 unspecified atom stereocenters. The number of unbranched alkanes of at least 4 members (excludes halogenated alkanes) is 28. The molecule has 0 aliphatic heterocycles. The lowest BCUT2D eigenvalue weighted by Crippen LogP contribution is -2.30. The van der Waals surface area contributed by atoms with E-state index in [1.165, 1.54) is 122 Å². The highest BCUT2D eigenvalue weighted by atomic mass is 16.6. The molecule has 0 heterocycles. The van der Waals surface area contributed by atoms with Crippen molar-refractivity contribution in [3.63, 3.8) is 0 Å². The number of carbonyl (C=O) groups excluding carboxylic acids is 3. The van der Waals surface area contributed by atoms with Crippen LogP contribution in [0.15, 0.2) is 109 Å². The van der Waals surface area contributed by atoms with Gasteiger partial charge in [-0.15, -0.1) is 0 Å². The molecule has 434 valence electrons. The molecule has 76 heavy (non-hydrogen) atoms. The predicted molar refractivity (Wildman–Crippen MR) is 330 cm³/mol. The highest BCUT2D eigenvalue weighted by Gasteiger charge is 2.19. The van der Waals surface area contributed by atoms with Gasteiger partial charge in [0.25, 0.3) is 0 Å². The summed E-state index contributed by atoms with van der Waals surface area (Å²) in [7, 11) is 0. The van der Waals surface area contributed by atoms with Gasteiger partial charge >= 0.3 is 17.9 Å². The molecule has 0 aromatic carbocycles. The van der Waals surface area contributed by atoms with E-state index in [9.17, 15) is 14.4 Å². The van der Waals surface area contributed by atoms with Gasteiger partial charge in [0.1, 0.15) is 13.2 Å². The lowest BCUT2D eigenvalue weighted by atomic mass is 10.0. The van der Waals surface area contributed by atoms with E-state index in [0.29, 0.717) is 19.3 Å². The van der Waals surface area contributed by atoms with E-state index in [4.69, 9.17) is 14.2 Å². The van der Waals surface area contributed by atoms with E-state index >= 15 is 0 Å². The molecule has 0 saturated heterocycles. The summed E-state index contributed by atoms with van der Waals surface area (Å²) in [6.45, 7) is 6.50. The molecular weight excluding hydrogens is 937 g/mol. The number of rotatable bonds is 57. The third-order valence-corrected chi connectivity index (χ3v) is 13.5. The average molecular weight is 1060 g/mol. The van der Waals surface area contributed by atoms with Crippen LogP contribution in [0.3, 0.4) is 0 Å². The fourth-order valence-electron chi connectivity index (χ4n) is 8.75. The molecule has 0 bridgehead atoms. The maximum absolute atomic E-state index is 12.9. The van der Waals surface area contributed by atoms with Crippen molar-refractivity contribution in [3.05, 3.63) is 109 Å². The van der Waals surface area contributed by atoms with E-state index in [0.717, 1.165) is 135 Å². The molecule has 0 aliphatic carbocycles. The number of carbonyl (C=O) groups is 3. The molecule has 1 atom stereocenters. The third-order valence-electron chi connectivity index (χ3n) is 13.5. The van der Waals surface area contributed by atoms with Crippen molar-refractivity contribution < 1.29 is 28.6 Å². The molecule has 0 saturated carbocycles. The minimum atomic E-state index is -0.793. The van der Waals surface area contributed by atoms with Gasteiger partial charge in [0.05, 0.1) is 0 Å². The Hall–Kier alpha value is -3.93. The van der Waals surface area contributed by atoms with Gasteiger partial charge in [0.15, 0.2) is 6.10 Å². The van der Waals surface area contributed by atoms with Crippen molar-refractivity contribution >= 4 is 17.9 Å². The summed E-state index contributed by atoms with van der Waals surface area (Å²) in [6.07, 6.45) is 86.5. The first-order valence-electron chi connectivity index (χ1n) is 31.9. The predicted octanol–water partition coefficient (Wildman–Crippen LogP) is 21.8. The Morgan fingerprint density at radius 1 is 0.276 bits per heavy atom. The summed E-state index contributed by atoms with van der Waals surface area (Å²) < 4.78 is 16.9. The van der Waals surface area contributed by atoms with E-state index in [1.54, 1.807) is 0 Å². The van der Waals surface area contributed by atoms with Crippen molar-refractivity contribution in [1.29, 1.82) is 0 Å². The van der Waals surface area contributed by atoms with Gasteiger partial charge in [-0.3, -0.25) is 14.4 Å². The maximum atomic E-state index is 12.9. The van der Waals surface area contributed by atoms with Crippen molar-refractivity contribution in [1.82, 2.24) is 0 Å². The topological polar surface area (TPSA) is 78.9 Å². The van der Waals surface area contributed by atoms with Crippen LogP contribution >= 0.6 is 0 Å². The zero-order valence-electron chi connectivity index (χ0n) is 49.7. The lowest BCUT2D eigenvalue weighted by molar-refractivity contribution is -0.167. The fraction of sp³-hybridized carbons (Fsp3) is 0.700. The number of ether oxygens (including phenoxy) is 3. The Balaban J connectivity index is 4.41. The van der Waals surface area contributed by atoms with Crippen LogP contribution in [-0.2, 0) is 28.6 Å². The second-order valence-corrected chi connectivity index (χ2v) is 20.9. The minimum absolute atomic E-state index is 0.0870. The molecule has 0 radical (unpaired) electrons. The Bertz CT molecular complexity index is 1540. The van der Waals surface area contributed by atoms with Crippen molar-refractivity contribution in [2.45, 2.75) is 303 Å². The van der Waals surface area contributed by atoms with E-state index in [2.05, 4.69) is 130 Å². The number of hydrogen-bond acceptors (Lipinski definition) is 6. The summed E-state index contributed by atoms with van der Waals surface area (Å²) in [5.41, 5.74) is 0. The van der Waals surface area contributed by atoms with E-state index in [1.807, 2.05) is 0 Å². The molecule has 0 rings (SSSR count). The minimum Gasteiger partial charge on any atom is -0.462 e. The second kappa shape index (κ2) is 63.6. The van der Waals surface area contributed by atoms with Crippen LogP contribution in [0.5, 0.6) is 0 Å². The van der Waals surface area contributed by atoms with Crippen LogP contribution in [0.25, 0.3) is 0 Å². The summed E-state index contributed by atoms with van der Waals surface area (Å²) >= 11 is 0. The maximum Gasteiger partial charge on any atom is 0.306 e. The summed E-state index contributed by atoms with van der Waals surface area (Å²) in [6, 6.07) is 0. The van der Waals surface area contributed by atoms with Crippen LogP contribution in [0.1, 0.15) is 297 Å². The zero-order valence-corrected chi connectivity index (χ0v) is 49.7. The van der Waals surface area contributed by atoms with Crippen molar-refractivity contribution in [2.75, 3.05) is 13.2 Å². The normalized spacial score (nSPS) is 12.8. The zero-order chi connectivity index (χ0) is 55.0. The monoisotopic (exact) mass is 1050 g/mol. The lowest BCUT2D eigenvalue weighted by Gasteiger charge is -2.18. The van der Waals surface area contributed by atoms with Gasteiger partial charge in [0, 0.05) is 19.3 Å². The Kier molecular flexibility index (Phi) is 60.3. The molecule has 0 spiro atoms. The standard InChI is InChI=1S/C70H118O6/c1-4-7-10-13-16-19-22-25-28-30-32-33-34-35-36-37-39-40-42-45-48-51-54-57-60-63-69(72)75-66-67(65-74-68(71)62-59-56-53-50-47-44-27-24-21-18-15-12-9-6-3)76-70(73)64-61-58-55-52-49-46-43-41-38-31-29-26-23-20-17-14-11-8-5-2/h7,10,16-17,19-20,25-26,28-29,32-33,35-36,38-41,67H,4-6,8-9,11-15,18,21-24,27,30-31,34,37,42-66H2,1-3H3/b10-7-,19-16-,20-17-,28-25-,29-26-,33-32-,36-35-,40-39-,41-38-. The second-order valence-electron chi connectivity index (χ2n) is 20.9. The van der Waals surface area contributed by atoms with Crippen LogP contribution in [0.2, 0.25) is 0 Å². The Labute approximate surface area is 470 Å². The smallest absolute Gasteiger partial charge is 0.306 e. The molecule has 6 heteroatoms. The summed E-state index contributed by atoms with van der Waals surface area (Å²) in [5, 5.41) is 0. The van der Waals surface area contributed by atoms with Gasteiger partial charge in [-0.25, -0.2) is 0 Å². The van der Waals surface area contributed by atoms with Gasteiger partial charge in [-0.1, -0.05) is 278 Å². The first kappa shape index (κ1) is 72.1. The quantitative estimate of drug-likeness (QED) is 0.0261. The summed E-state index contributed by atoms with van der Waals surface area (Å²) in [5.74, 6) is -0.907. The number of esters is 3. The van der Waals surface area contributed by atoms with Gasteiger partial charge in [-0.2, -0.15) is 0 Å². The fourth-order valence-corrected chi connectivity index (χ4v) is 8.75. The van der Waals surface area contributed by atoms with Crippen LogP contribution in [0, 0.1) is 0 Å². The van der Waals surface area contributed by atoms with Gasteiger partial charge in [0.2, 0.25) is 0 Å². The Morgan fingerprint density at radius 3 is 0.829 bits per heavy atom. The molecule has 0 N–H and O–H groups in total. The van der Waals surface area contributed by atoms with Gasteiger partial charge < -0.3 is 14.2 Å². The molecule has 6 nitrogen and oxygen atoms in total. The van der Waals surface area contributed by atoms with E-state index in [-0.39, 0.29) is 31.1 Å². The molecule has 0 aromatic heterocycles.